The first-order chi connectivity index (χ1) is 9.20. The largest absolute Gasteiger partial charge is 0.457 e. The zero-order valence-corrected chi connectivity index (χ0v) is 11.7. The lowest BCUT2D eigenvalue weighted by molar-refractivity contribution is 0.473. The van der Waals surface area contributed by atoms with E-state index in [2.05, 4.69) is 36.3 Å². The molecule has 2 rings (SSSR count). The lowest BCUT2D eigenvalue weighted by atomic mass is 10.0. The number of aromatic nitrogens is 1. The molecule has 0 atom stereocenters. The molecule has 0 saturated heterocycles. The van der Waals surface area contributed by atoms with Crippen molar-refractivity contribution in [3.63, 3.8) is 0 Å². The third-order valence-corrected chi connectivity index (χ3v) is 3.00. The third-order valence-electron chi connectivity index (χ3n) is 3.00. The summed E-state index contributed by atoms with van der Waals surface area (Å²) in [5.41, 5.74) is 2.37. The summed E-state index contributed by atoms with van der Waals surface area (Å²) < 4.78 is 5.92. The number of rotatable bonds is 5. The molecule has 3 heteroatoms. The second-order valence-corrected chi connectivity index (χ2v) is 4.84. The minimum atomic E-state index is 0.537. The molecule has 0 fully saturated rings. The fourth-order valence-corrected chi connectivity index (χ4v) is 1.88. The van der Waals surface area contributed by atoms with Gasteiger partial charge in [0.2, 0.25) is 0 Å². The molecule has 2 aromatic rings. The Morgan fingerprint density at radius 2 is 1.89 bits per heavy atom. The molecule has 19 heavy (non-hydrogen) atoms. The standard InChI is InChI=1S/C16H20N2O/c1-12(2)13-4-6-15(7-5-13)19-16-8-9-18-11-14(16)10-17-3/h4-9,11-12,17H,10H2,1-3H3. The summed E-state index contributed by atoms with van der Waals surface area (Å²) in [7, 11) is 1.91. The molecule has 0 aliphatic rings. The van der Waals surface area contributed by atoms with E-state index in [1.165, 1.54) is 5.56 Å². The highest BCUT2D eigenvalue weighted by Gasteiger charge is 2.05. The minimum Gasteiger partial charge on any atom is -0.457 e. The fraction of sp³-hybridized carbons (Fsp3) is 0.312. The van der Waals surface area contributed by atoms with Crippen molar-refractivity contribution in [2.24, 2.45) is 0 Å². The summed E-state index contributed by atoms with van der Waals surface area (Å²) in [5, 5.41) is 3.11. The van der Waals surface area contributed by atoms with Crippen LogP contribution in [0.15, 0.2) is 42.7 Å². The molecule has 0 spiro atoms. The van der Waals surface area contributed by atoms with Gasteiger partial charge < -0.3 is 10.1 Å². The Hall–Kier alpha value is -1.87. The number of nitrogens with zero attached hydrogens (tertiary/aromatic N) is 1. The predicted octanol–water partition coefficient (Wildman–Crippen LogP) is 3.72. The molecular weight excluding hydrogens is 236 g/mol. The zero-order chi connectivity index (χ0) is 13.7. The lowest BCUT2D eigenvalue weighted by Gasteiger charge is -2.11. The van der Waals surface area contributed by atoms with Crippen LogP contribution in [0.5, 0.6) is 11.5 Å². The van der Waals surface area contributed by atoms with Crippen molar-refractivity contribution in [3.05, 3.63) is 53.9 Å². The number of hydrogen-bond acceptors (Lipinski definition) is 3. The first kappa shape index (κ1) is 13.6. The van der Waals surface area contributed by atoms with Crippen LogP contribution in [0.25, 0.3) is 0 Å². The fourth-order valence-electron chi connectivity index (χ4n) is 1.88. The van der Waals surface area contributed by atoms with Gasteiger partial charge in [-0.25, -0.2) is 0 Å². The van der Waals surface area contributed by atoms with Gasteiger partial charge in [-0.3, -0.25) is 4.98 Å². The van der Waals surface area contributed by atoms with Gasteiger partial charge in [0, 0.05) is 24.5 Å². The molecule has 0 bridgehead atoms. The van der Waals surface area contributed by atoms with Gasteiger partial charge >= 0.3 is 0 Å². The summed E-state index contributed by atoms with van der Waals surface area (Å²) in [5.74, 6) is 2.24. The third kappa shape index (κ3) is 3.55. The van der Waals surface area contributed by atoms with Gasteiger partial charge in [-0.2, -0.15) is 0 Å². The van der Waals surface area contributed by atoms with E-state index in [-0.39, 0.29) is 0 Å². The second kappa shape index (κ2) is 6.34. The molecule has 0 radical (unpaired) electrons. The maximum absolute atomic E-state index is 5.92. The van der Waals surface area contributed by atoms with Crippen molar-refractivity contribution in [1.29, 1.82) is 0 Å². The SMILES string of the molecule is CNCc1cnccc1Oc1ccc(C(C)C)cc1. The first-order valence-corrected chi connectivity index (χ1v) is 6.56. The highest BCUT2D eigenvalue weighted by atomic mass is 16.5. The maximum atomic E-state index is 5.92. The van der Waals surface area contributed by atoms with Gasteiger partial charge in [0.1, 0.15) is 11.5 Å². The predicted molar refractivity (Wildman–Crippen MR) is 77.6 cm³/mol. The molecule has 1 heterocycles. The normalized spacial score (nSPS) is 10.7. The summed E-state index contributed by atoms with van der Waals surface area (Å²) in [6.45, 7) is 5.11. The number of pyridine rings is 1. The van der Waals surface area contributed by atoms with Crippen molar-refractivity contribution in [2.75, 3.05) is 7.05 Å². The Balaban J connectivity index is 2.16. The van der Waals surface area contributed by atoms with E-state index in [0.29, 0.717) is 5.92 Å². The molecule has 1 N–H and O–H groups in total. The summed E-state index contributed by atoms with van der Waals surface area (Å²) in [6, 6.07) is 10.1. The molecule has 0 unspecified atom stereocenters. The van der Waals surface area contributed by atoms with Crippen molar-refractivity contribution in [2.45, 2.75) is 26.3 Å². The van der Waals surface area contributed by atoms with Crippen LogP contribution >= 0.6 is 0 Å². The molecule has 3 nitrogen and oxygen atoms in total. The van der Waals surface area contributed by atoms with E-state index in [0.717, 1.165) is 23.6 Å². The Morgan fingerprint density at radius 1 is 1.16 bits per heavy atom. The van der Waals surface area contributed by atoms with Crippen molar-refractivity contribution < 1.29 is 4.74 Å². The Kier molecular flexibility index (Phi) is 4.53. The minimum absolute atomic E-state index is 0.537. The van der Waals surface area contributed by atoms with Gasteiger partial charge in [-0.15, -0.1) is 0 Å². The molecule has 0 aliphatic heterocycles. The molecule has 0 saturated carbocycles. The van der Waals surface area contributed by atoms with Gasteiger partial charge in [-0.05, 0) is 36.7 Å². The van der Waals surface area contributed by atoms with E-state index in [1.807, 2.05) is 31.4 Å². The number of hydrogen-bond donors (Lipinski definition) is 1. The van der Waals surface area contributed by atoms with E-state index in [1.54, 1.807) is 6.20 Å². The number of benzene rings is 1. The molecule has 100 valence electrons. The Labute approximate surface area is 114 Å². The number of ether oxygens (including phenoxy) is 1. The first-order valence-electron chi connectivity index (χ1n) is 6.56. The zero-order valence-electron chi connectivity index (χ0n) is 11.7. The maximum Gasteiger partial charge on any atom is 0.134 e. The molecule has 0 aliphatic carbocycles. The highest BCUT2D eigenvalue weighted by Crippen LogP contribution is 2.26. The van der Waals surface area contributed by atoms with Crippen LogP contribution < -0.4 is 10.1 Å². The average Bonchev–Trinajstić information content (AvgIpc) is 2.42. The van der Waals surface area contributed by atoms with Gasteiger partial charge in [0.05, 0.1) is 0 Å². The summed E-state index contributed by atoms with van der Waals surface area (Å²) in [4.78, 5) is 4.12. The topological polar surface area (TPSA) is 34.2 Å². The van der Waals surface area contributed by atoms with E-state index >= 15 is 0 Å². The Morgan fingerprint density at radius 3 is 2.53 bits per heavy atom. The number of nitrogens with one attached hydrogen (secondary N) is 1. The molecule has 1 aromatic heterocycles. The van der Waals surface area contributed by atoms with Crippen molar-refractivity contribution in [3.8, 4) is 11.5 Å². The van der Waals surface area contributed by atoms with Crippen molar-refractivity contribution >= 4 is 0 Å². The molecule has 0 amide bonds. The van der Waals surface area contributed by atoms with Crippen LogP contribution in [0.4, 0.5) is 0 Å². The van der Waals surface area contributed by atoms with Crippen LogP contribution in [0.2, 0.25) is 0 Å². The van der Waals surface area contributed by atoms with Crippen LogP contribution in [0, 0.1) is 0 Å². The van der Waals surface area contributed by atoms with Crippen molar-refractivity contribution in [1.82, 2.24) is 10.3 Å². The lowest BCUT2D eigenvalue weighted by Crippen LogP contribution is -2.06. The molecule has 1 aromatic carbocycles. The second-order valence-electron chi connectivity index (χ2n) is 4.84. The monoisotopic (exact) mass is 256 g/mol. The average molecular weight is 256 g/mol. The summed E-state index contributed by atoms with van der Waals surface area (Å²) >= 11 is 0. The van der Waals surface area contributed by atoms with Gasteiger partial charge in [-0.1, -0.05) is 26.0 Å². The quantitative estimate of drug-likeness (QED) is 0.885. The highest BCUT2D eigenvalue weighted by molar-refractivity contribution is 5.37. The van der Waals surface area contributed by atoms with Crippen LogP contribution in [-0.2, 0) is 6.54 Å². The van der Waals surface area contributed by atoms with Gasteiger partial charge in [0.15, 0.2) is 0 Å². The van der Waals surface area contributed by atoms with Crippen LogP contribution in [-0.4, -0.2) is 12.0 Å². The van der Waals surface area contributed by atoms with E-state index < -0.39 is 0 Å². The van der Waals surface area contributed by atoms with E-state index in [9.17, 15) is 0 Å². The van der Waals surface area contributed by atoms with Gasteiger partial charge in [0.25, 0.3) is 0 Å². The van der Waals surface area contributed by atoms with E-state index in [4.69, 9.17) is 4.74 Å². The molecular formula is C16H20N2O. The summed E-state index contributed by atoms with van der Waals surface area (Å²) in [6.07, 6.45) is 3.57. The smallest absolute Gasteiger partial charge is 0.134 e. The van der Waals surface area contributed by atoms with Crippen LogP contribution in [0.1, 0.15) is 30.9 Å². The Bertz CT molecular complexity index is 521. The van der Waals surface area contributed by atoms with Crippen LogP contribution in [0.3, 0.4) is 0 Å².